The lowest BCUT2D eigenvalue weighted by molar-refractivity contribution is -0.144. The number of anilines is 1. The standard InChI is InChI=1S/C45H60ClN3O6/c1-5-49(19-8-20-52-4)26-32-28-54-40-23-33-22-34(21-30(2)27-53-39-13-18-47-38-12-6-9-31(3)42(38)39)44(37(33)25-41(40)55-29-32)14-16-45(17-15-44,43(50)51)48-36-11-7-10-35(46)24-36/h7,10-11,13,18,23-25,30-32,34,48H,5-6,8-9,12,14-17,19-22,26-29H2,1-4H3,(H,50,51)/t30-,31-,32?,34?,44?,45?/m1/s1. The van der Waals surface area contributed by atoms with Crippen molar-refractivity contribution in [1.29, 1.82) is 0 Å². The minimum absolute atomic E-state index is 0.187. The van der Waals surface area contributed by atoms with E-state index in [-0.39, 0.29) is 11.3 Å². The Kier molecular flexibility index (Phi) is 12.5. The number of hydrogen-bond acceptors (Lipinski definition) is 8. The molecule has 0 bridgehead atoms. The summed E-state index contributed by atoms with van der Waals surface area (Å²) in [5.74, 6) is 3.13. The molecule has 3 aromatic rings. The molecule has 3 aliphatic carbocycles. The Morgan fingerprint density at radius 1 is 1.13 bits per heavy atom. The number of pyridine rings is 1. The van der Waals surface area contributed by atoms with Crippen molar-refractivity contribution in [2.24, 2.45) is 17.8 Å². The molecule has 10 heteroatoms. The average molecular weight is 774 g/mol. The van der Waals surface area contributed by atoms with Gasteiger partial charge in [-0.3, -0.25) is 4.98 Å². The maximum Gasteiger partial charge on any atom is 0.329 e. The third kappa shape index (κ3) is 8.59. The predicted molar refractivity (Wildman–Crippen MR) is 217 cm³/mol. The van der Waals surface area contributed by atoms with Gasteiger partial charge in [-0.2, -0.15) is 0 Å². The van der Waals surface area contributed by atoms with Crippen LogP contribution in [0.15, 0.2) is 48.7 Å². The molecule has 9 nitrogen and oxygen atoms in total. The van der Waals surface area contributed by atoms with Crippen LogP contribution in [-0.4, -0.2) is 79.7 Å². The van der Waals surface area contributed by atoms with Gasteiger partial charge in [-0.15, -0.1) is 0 Å². The second-order valence-electron chi connectivity index (χ2n) is 16.9. The number of carbonyl (C=O) groups is 1. The fraction of sp³-hybridized carbons (Fsp3) is 0.600. The van der Waals surface area contributed by atoms with Gasteiger partial charge in [0.15, 0.2) is 11.5 Å². The van der Waals surface area contributed by atoms with E-state index in [4.69, 9.17) is 30.5 Å². The summed E-state index contributed by atoms with van der Waals surface area (Å²) in [6.07, 6.45) is 10.7. The molecule has 4 aliphatic rings. The summed E-state index contributed by atoms with van der Waals surface area (Å²) in [7, 11) is 1.75. The zero-order valence-electron chi connectivity index (χ0n) is 33.2. The van der Waals surface area contributed by atoms with Crippen LogP contribution in [0, 0.1) is 17.8 Å². The monoisotopic (exact) mass is 773 g/mol. The van der Waals surface area contributed by atoms with Gasteiger partial charge in [0.2, 0.25) is 0 Å². The smallest absolute Gasteiger partial charge is 0.329 e. The quantitative estimate of drug-likeness (QED) is 0.147. The van der Waals surface area contributed by atoms with Gasteiger partial charge < -0.3 is 34.3 Å². The van der Waals surface area contributed by atoms with Crippen molar-refractivity contribution in [1.82, 2.24) is 9.88 Å². The van der Waals surface area contributed by atoms with Crippen LogP contribution in [-0.2, 0) is 27.8 Å². The molecule has 4 atom stereocenters. The first kappa shape index (κ1) is 39.7. The van der Waals surface area contributed by atoms with Crippen LogP contribution < -0.4 is 19.5 Å². The van der Waals surface area contributed by atoms with Crippen molar-refractivity contribution in [3.05, 3.63) is 76.1 Å². The average Bonchev–Trinajstić information content (AvgIpc) is 3.30. The van der Waals surface area contributed by atoms with Crippen molar-refractivity contribution in [2.75, 3.05) is 58.5 Å². The molecule has 2 unspecified atom stereocenters. The molecule has 0 radical (unpaired) electrons. The summed E-state index contributed by atoms with van der Waals surface area (Å²) in [6, 6.07) is 13.9. The van der Waals surface area contributed by atoms with Crippen molar-refractivity contribution in [2.45, 2.75) is 102 Å². The zero-order valence-corrected chi connectivity index (χ0v) is 34.0. The lowest BCUT2D eigenvalue weighted by Crippen LogP contribution is -2.53. The first-order valence-corrected chi connectivity index (χ1v) is 21.0. The number of ether oxygens (including phenoxy) is 4. The minimum Gasteiger partial charge on any atom is -0.493 e. The molecule has 1 saturated carbocycles. The van der Waals surface area contributed by atoms with Crippen LogP contribution in [0.1, 0.15) is 100 Å². The van der Waals surface area contributed by atoms with Crippen LogP contribution >= 0.6 is 11.6 Å². The highest BCUT2D eigenvalue weighted by Gasteiger charge is 2.54. The Morgan fingerprint density at radius 2 is 1.91 bits per heavy atom. The van der Waals surface area contributed by atoms with Gasteiger partial charge in [0.1, 0.15) is 11.3 Å². The minimum atomic E-state index is -1.08. The number of fused-ring (bicyclic) bond motifs is 4. The fourth-order valence-corrected chi connectivity index (χ4v) is 10.3. The van der Waals surface area contributed by atoms with Crippen LogP contribution in [0.3, 0.4) is 0 Å². The van der Waals surface area contributed by atoms with Gasteiger partial charge in [0.25, 0.3) is 0 Å². The molecule has 298 valence electrons. The summed E-state index contributed by atoms with van der Waals surface area (Å²) >= 11 is 6.32. The SMILES string of the molecule is CCN(CCCOC)CC1COc2cc3c(cc2OC1)C1(CCC(Nc2cccc(Cl)c2)(C(=O)O)CC1)C(C[C@@H](C)COc1ccnc2c1[C@H](C)CCC2)C3. The summed E-state index contributed by atoms with van der Waals surface area (Å²) in [5.41, 5.74) is 4.54. The van der Waals surface area contributed by atoms with E-state index in [9.17, 15) is 9.90 Å². The van der Waals surface area contributed by atoms with Gasteiger partial charge in [0.05, 0.1) is 19.8 Å². The number of methoxy groups -OCH3 is 1. The molecule has 0 saturated heterocycles. The van der Waals surface area contributed by atoms with E-state index in [1.54, 1.807) is 7.11 Å². The normalized spacial score (nSPS) is 26.3. The second-order valence-corrected chi connectivity index (χ2v) is 17.3. The van der Waals surface area contributed by atoms with Gasteiger partial charge >= 0.3 is 5.97 Å². The van der Waals surface area contributed by atoms with Crippen molar-refractivity contribution in [3.63, 3.8) is 0 Å². The number of benzene rings is 2. The molecule has 2 heterocycles. The number of carboxylic acids is 1. The van der Waals surface area contributed by atoms with E-state index in [1.165, 1.54) is 35.2 Å². The summed E-state index contributed by atoms with van der Waals surface area (Å²) in [6.45, 7) is 12.3. The van der Waals surface area contributed by atoms with Gasteiger partial charge in [-0.25, -0.2) is 4.79 Å². The maximum absolute atomic E-state index is 13.1. The third-order valence-corrected chi connectivity index (χ3v) is 13.3. The molecule has 1 aromatic heterocycles. The Morgan fingerprint density at radius 3 is 2.64 bits per heavy atom. The lowest BCUT2D eigenvalue weighted by Gasteiger charge is -2.47. The van der Waals surface area contributed by atoms with E-state index in [0.29, 0.717) is 55.4 Å². The Hall–Kier alpha value is -3.53. The topological polar surface area (TPSA) is 102 Å². The molecule has 1 spiro atoms. The molecule has 2 N–H and O–H groups in total. The van der Waals surface area contributed by atoms with E-state index >= 15 is 0 Å². The third-order valence-electron chi connectivity index (χ3n) is 13.1. The molecule has 55 heavy (non-hydrogen) atoms. The summed E-state index contributed by atoms with van der Waals surface area (Å²) < 4.78 is 25.0. The Bertz CT molecular complexity index is 1790. The van der Waals surface area contributed by atoms with Gasteiger partial charge in [-0.05, 0) is 141 Å². The molecular weight excluding hydrogens is 714 g/mol. The highest BCUT2D eigenvalue weighted by Crippen LogP contribution is 2.58. The zero-order chi connectivity index (χ0) is 38.6. The second kappa shape index (κ2) is 17.3. The number of aliphatic carboxylic acids is 1. The number of hydrogen-bond donors (Lipinski definition) is 2. The molecular formula is C45H60ClN3O6. The van der Waals surface area contributed by atoms with Crippen LogP contribution in [0.5, 0.6) is 17.2 Å². The molecule has 1 fully saturated rings. The van der Waals surface area contributed by atoms with E-state index in [0.717, 1.165) is 87.7 Å². The molecule has 2 aromatic carbocycles. The molecule has 1 aliphatic heterocycles. The van der Waals surface area contributed by atoms with E-state index in [1.807, 2.05) is 36.5 Å². The molecule has 0 amide bonds. The summed E-state index contributed by atoms with van der Waals surface area (Å²) in [4.78, 5) is 20.2. The van der Waals surface area contributed by atoms with Crippen LogP contribution in [0.25, 0.3) is 0 Å². The Labute approximate surface area is 332 Å². The largest absolute Gasteiger partial charge is 0.493 e. The van der Waals surface area contributed by atoms with Crippen molar-refractivity contribution in [3.8, 4) is 17.2 Å². The number of aryl methyl sites for hydroxylation is 1. The van der Waals surface area contributed by atoms with Crippen molar-refractivity contribution < 1.29 is 28.8 Å². The van der Waals surface area contributed by atoms with Crippen molar-refractivity contribution >= 4 is 23.3 Å². The number of rotatable bonds is 15. The van der Waals surface area contributed by atoms with Crippen LogP contribution in [0.2, 0.25) is 5.02 Å². The number of nitrogens with zero attached hydrogens (tertiary/aromatic N) is 2. The summed E-state index contributed by atoms with van der Waals surface area (Å²) in [5, 5.41) is 14.7. The first-order chi connectivity index (χ1) is 26.6. The highest BCUT2D eigenvalue weighted by atomic mass is 35.5. The first-order valence-electron chi connectivity index (χ1n) is 20.6. The van der Waals surface area contributed by atoms with E-state index in [2.05, 4.69) is 48.1 Å². The van der Waals surface area contributed by atoms with Gasteiger partial charge in [0, 0.05) is 60.9 Å². The van der Waals surface area contributed by atoms with Gasteiger partial charge in [-0.1, -0.05) is 38.4 Å². The maximum atomic E-state index is 13.1. The predicted octanol–water partition coefficient (Wildman–Crippen LogP) is 8.95. The molecule has 7 rings (SSSR count). The van der Waals surface area contributed by atoms with Crippen LogP contribution in [0.4, 0.5) is 5.69 Å². The van der Waals surface area contributed by atoms with E-state index < -0.39 is 11.5 Å². The number of carboxylic acid groups (broad SMARTS) is 1. The number of halogens is 1. The fourth-order valence-electron chi connectivity index (χ4n) is 10.1. The lowest BCUT2D eigenvalue weighted by atomic mass is 9.59. The number of nitrogens with one attached hydrogen (secondary N) is 1. The Balaban J connectivity index is 1.12. The number of aromatic nitrogens is 1. The highest BCUT2D eigenvalue weighted by molar-refractivity contribution is 6.30.